The second kappa shape index (κ2) is 11.9. The van der Waals surface area contributed by atoms with E-state index in [9.17, 15) is 42.3 Å². The van der Waals surface area contributed by atoms with Gasteiger partial charge in [0.05, 0.1) is 18.9 Å². The molecule has 0 unspecified atom stereocenters. The predicted octanol–water partition coefficient (Wildman–Crippen LogP) is 5.29. The first kappa shape index (κ1) is 35.1. The summed E-state index contributed by atoms with van der Waals surface area (Å²) in [5.41, 5.74) is -2.03. The number of carboxylic acids is 1. The van der Waals surface area contributed by atoms with Crippen molar-refractivity contribution in [3.63, 3.8) is 0 Å². The number of ether oxygens (including phenoxy) is 1. The van der Waals surface area contributed by atoms with Gasteiger partial charge >= 0.3 is 5.97 Å². The number of carbonyl (C=O) groups is 5. The number of benzene rings is 2. The van der Waals surface area contributed by atoms with Crippen molar-refractivity contribution in [2.24, 2.45) is 17.8 Å². The van der Waals surface area contributed by atoms with E-state index in [-0.39, 0.29) is 52.1 Å². The van der Waals surface area contributed by atoms with E-state index in [0.29, 0.717) is 0 Å². The second-order valence-corrected chi connectivity index (χ2v) is 14.2. The monoisotopic (exact) mass is 794 g/mol. The Morgan fingerprint density at radius 2 is 1.59 bits per heavy atom. The van der Waals surface area contributed by atoms with Crippen molar-refractivity contribution in [1.29, 1.82) is 0 Å². The molecule has 2 aliphatic carbocycles. The van der Waals surface area contributed by atoms with E-state index < -0.39 is 110 Å². The molecule has 260 valence electrons. The summed E-state index contributed by atoms with van der Waals surface area (Å²) in [5, 5.41) is 20.4. The minimum Gasteiger partial charge on any atom is -0.504 e. The van der Waals surface area contributed by atoms with Gasteiger partial charge in [-0.1, -0.05) is 27.6 Å². The van der Waals surface area contributed by atoms with Crippen LogP contribution in [0, 0.1) is 46.8 Å². The van der Waals surface area contributed by atoms with Crippen LogP contribution < -0.4 is 9.64 Å². The number of alkyl halides is 2. The second-order valence-electron chi connectivity index (χ2n) is 12.1. The molecule has 6 atom stereocenters. The molecule has 6 rings (SSSR count). The molecule has 18 heteroatoms. The zero-order chi connectivity index (χ0) is 36.1. The number of aromatic hydroxyl groups is 1. The van der Waals surface area contributed by atoms with Gasteiger partial charge in [0.2, 0.25) is 17.6 Å². The molecule has 2 aromatic carbocycles. The number of amides is 4. The molecule has 2 N–H and O–H groups in total. The third-order valence-electron chi connectivity index (χ3n) is 9.69. The lowest BCUT2D eigenvalue weighted by Gasteiger charge is -2.50. The molecule has 49 heavy (non-hydrogen) atoms. The lowest BCUT2D eigenvalue weighted by Crippen LogP contribution is -2.60. The Hall–Kier alpha value is -3.76. The van der Waals surface area contributed by atoms with Crippen molar-refractivity contribution in [1.82, 2.24) is 4.90 Å². The molecule has 3 fully saturated rings. The number of allylic oxidation sites excluding steroid dienone is 2. The van der Waals surface area contributed by atoms with Gasteiger partial charge in [-0.15, -0.1) is 23.2 Å². The van der Waals surface area contributed by atoms with Crippen molar-refractivity contribution >= 4 is 74.4 Å². The van der Waals surface area contributed by atoms with E-state index >= 15 is 8.78 Å². The van der Waals surface area contributed by atoms with Crippen LogP contribution in [-0.2, 0) is 24.0 Å². The van der Waals surface area contributed by atoms with Gasteiger partial charge in [-0.3, -0.25) is 28.9 Å². The van der Waals surface area contributed by atoms with Crippen LogP contribution >= 0.6 is 39.1 Å². The summed E-state index contributed by atoms with van der Waals surface area (Å²) < 4.78 is 78.6. The van der Waals surface area contributed by atoms with Crippen molar-refractivity contribution in [2.45, 2.75) is 41.3 Å². The average molecular weight is 796 g/mol. The number of imide groups is 2. The van der Waals surface area contributed by atoms with Gasteiger partial charge in [-0.25, -0.2) is 26.9 Å². The first-order chi connectivity index (χ1) is 22.9. The zero-order valence-corrected chi connectivity index (χ0v) is 27.9. The zero-order valence-electron chi connectivity index (χ0n) is 24.8. The molecule has 2 heterocycles. The smallest absolute Gasteiger partial charge is 0.303 e. The van der Waals surface area contributed by atoms with Crippen LogP contribution in [0.2, 0.25) is 0 Å². The standard InChI is InChI=1S/C31H22BrCl2F5N2O8/c1-49-15-8-10(32)7-13(25(15)44)18-11-4-5-12-17(27(46)40(26(12)45)6-2-3-16(42)43)14(11)9-30(33)28(47)41(29(48)31(18,30)34)24-22(38)20(36)19(35)21(37)23(24)39/h4,7-8,12,14,17-18,44H,2-3,5-6,9H2,1H3,(H,42,43)/t12-,14+,17-,18+,30+,31-/m0/s1. The fourth-order valence-electron chi connectivity index (χ4n) is 7.56. The highest BCUT2D eigenvalue weighted by atomic mass is 79.9. The number of nitrogens with zero attached hydrogens (tertiary/aromatic N) is 2. The maximum atomic E-state index is 15.2. The van der Waals surface area contributed by atoms with Crippen molar-refractivity contribution in [2.75, 3.05) is 18.6 Å². The van der Waals surface area contributed by atoms with Gasteiger partial charge in [0.15, 0.2) is 44.5 Å². The Kier molecular flexibility index (Phi) is 8.55. The Balaban J connectivity index is 1.57. The Morgan fingerprint density at radius 3 is 2.18 bits per heavy atom. The van der Waals surface area contributed by atoms with Gasteiger partial charge in [0, 0.05) is 28.9 Å². The van der Waals surface area contributed by atoms with Gasteiger partial charge < -0.3 is 14.9 Å². The highest BCUT2D eigenvalue weighted by Crippen LogP contribution is 2.67. The Labute approximate surface area is 291 Å². The molecule has 0 bridgehead atoms. The number of likely N-dealkylation sites (tertiary alicyclic amines) is 1. The molecule has 10 nitrogen and oxygen atoms in total. The lowest BCUT2D eigenvalue weighted by molar-refractivity contribution is -0.142. The van der Waals surface area contributed by atoms with Crippen molar-refractivity contribution in [3.05, 3.63) is 62.9 Å². The van der Waals surface area contributed by atoms with E-state index in [2.05, 4.69) is 15.9 Å². The highest BCUT2D eigenvalue weighted by molar-refractivity contribution is 9.10. The van der Waals surface area contributed by atoms with Crippen LogP contribution in [0.15, 0.2) is 28.3 Å². The van der Waals surface area contributed by atoms with E-state index in [1.54, 1.807) is 0 Å². The van der Waals surface area contributed by atoms with Crippen LogP contribution in [-0.4, -0.2) is 68.1 Å². The normalized spacial score (nSPS) is 29.2. The largest absolute Gasteiger partial charge is 0.504 e. The number of hydrogen-bond donors (Lipinski definition) is 2. The fourth-order valence-corrected chi connectivity index (χ4v) is 8.94. The van der Waals surface area contributed by atoms with Crippen LogP contribution in [0.4, 0.5) is 27.6 Å². The topological polar surface area (TPSA) is 142 Å². The molecule has 2 aliphatic heterocycles. The first-order valence-corrected chi connectivity index (χ1v) is 16.1. The molecular formula is C31H22BrCl2F5N2O8. The van der Waals surface area contributed by atoms with Crippen LogP contribution in [0.1, 0.15) is 37.2 Å². The molecule has 0 aromatic heterocycles. The minimum absolute atomic E-state index is 0.0698. The number of fused-ring (bicyclic) bond motifs is 4. The molecular weight excluding hydrogens is 774 g/mol. The number of aliphatic carboxylic acids is 1. The molecule has 4 amide bonds. The summed E-state index contributed by atoms with van der Waals surface area (Å²) in [6.45, 7) is -0.247. The summed E-state index contributed by atoms with van der Waals surface area (Å²) in [6.07, 6.45) is 0.194. The summed E-state index contributed by atoms with van der Waals surface area (Å²) >= 11 is 17.4. The van der Waals surface area contributed by atoms with E-state index in [1.165, 1.54) is 25.3 Å². The predicted molar refractivity (Wildman–Crippen MR) is 162 cm³/mol. The minimum atomic E-state index is -2.84. The number of phenols is 1. The molecule has 2 saturated heterocycles. The Bertz CT molecular complexity index is 1900. The van der Waals surface area contributed by atoms with Crippen LogP contribution in [0.25, 0.3) is 0 Å². The van der Waals surface area contributed by atoms with Crippen LogP contribution in [0.5, 0.6) is 11.5 Å². The third kappa shape index (κ3) is 4.73. The maximum absolute atomic E-state index is 15.2. The number of rotatable bonds is 7. The number of hydrogen-bond acceptors (Lipinski definition) is 7. The van der Waals surface area contributed by atoms with E-state index in [0.717, 1.165) is 4.90 Å². The highest BCUT2D eigenvalue weighted by Gasteiger charge is 2.77. The summed E-state index contributed by atoms with van der Waals surface area (Å²) in [4.78, 5) is 61.9. The molecule has 2 aromatic rings. The van der Waals surface area contributed by atoms with Crippen molar-refractivity contribution in [3.8, 4) is 11.5 Å². The SMILES string of the molecule is COc1cc(Br)cc([C@H]2C3=CC[C@@H]4C(=O)N(CCCC(=O)O)C(=O)[C@@H]4[C@@H]3C[C@@]3(Cl)C(=O)N(c4c(F)c(F)c(F)c(F)c4F)C(=O)[C@@]23Cl)c1O. The lowest BCUT2D eigenvalue weighted by atomic mass is 9.56. The third-order valence-corrected chi connectivity index (χ3v) is 11.6. The molecule has 0 radical (unpaired) electrons. The summed E-state index contributed by atoms with van der Waals surface area (Å²) in [5.74, 6) is -24.4. The summed E-state index contributed by atoms with van der Waals surface area (Å²) in [6, 6.07) is 2.61. The average Bonchev–Trinajstić information content (AvgIpc) is 3.38. The van der Waals surface area contributed by atoms with E-state index in [1.807, 2.05) is 0 Å². The quantitative estimate of drug-likeness (QED) is 0.0963. The number of halogens is 8. The first-order valence-electron chi connectivity index (χ1n) is 14.6. The van der Waals surface area contributed by atoms with E-state index in [4.69, 9.17) is 33.0 Å². The molecule has 1 saturated carbocycles. The van der Waals surface area contributed by atoms with Gasteiger partial charge in [-0.2, -0.15) is 0 Å². The number of methoxy groups -OCH3 is 1. The molecule has 0 spiro atoms. The fraction of sp³-hybridized carbons (Fsp3) is 0.387. The maximum Gasteiger partial charge on any atom is 0.303 e. The Morgan fingerprint density at radius 1 is 0.980 bits per heavy atom. The number of anilines is 1. The number of carbonyl (C=O) groups excluding carboxylic acids is 4. The van der Waals surface area contributed by atoms with Gasteiger partial charge in [-0.05, 0) is 37.3 Å². The van der Waals surface area contributed by atoms with Crippen LogP contribution in [0.3, 0.4) is 0 Å². The molecule has 4 aliphatic rings. The number of phenolic OH excluding ortho intramolecular Hbond substituents is 1. The summed E-state index contributed by atoms with van der Waals surface area (Å²) in [7, 11) is 1.19. The number of carboxylic acid groups (broad SMARTS) is 1. The van der Waals surface area contributed by atoms with Crippen molar-refractivity contribution < 1.29 is 60.9 Å². The van der Waals surface area contributed by atoms with Gasteiger partial charge in [0.25, 0.3) is 11.8 Å². The van der Waals surface area contributed by atoms with Gasteiger partial charge in [0.1, 0.15) is 5.69 Å².